The Morgan fingerprint density at radius 3 is 2.43 bits per heavy atom. The summed E-state index contributed by atoms with van der Waals surface area (Å²) in [6.07, 6.45) is 4.48. The van der Waals surface area contributed by atoms with Crippen LogP contribution < -0.4 is 10.1 Å². The van der Waals surface area contributed by atoms with Crippen molar-refractivity contribution in [2.45, 2.75) is 64.8 Å². The number of piperidine rings is 2. The van der Waals surface area contributed by atoms with Gasteiger partial charge in [-0.3, -0.25) is 24.6 Å². The molecule has 0 aliphatic carbocycles. The zero-order chi connectivity index (χ0) is 24.4. The zero-order valence-corrected chi connectivity index (χ0v) is 20.3. The Morgan fingerprint density at radius 2 is 1.71 bits per heavy atom. The maximum Gasteiger partial charge on any atom is 0.255 e. The molecule has 2 saturated heterocycles. The van der Waals surface area contributed by atoms with Crippen molar-refractivity contribution in [2.75, 3.05) is 13.1 Å². The number of ether oxygens (including phenoxy) is 1. The summed E-state index contributed by atoms with van der Waals surface area (Å²) in [6, 6.07) is 13.4. The monoisotopic (exact) mass is 475 g/mol. The van der Waals surface area contributed by atoms with Gasteiger partial charge < -0.3 is 9.64 Å². The number of carbonyl (C=O) groups is 3. The number of amides is 3. The number of hydrogen-bond donors (Lipinski definition) is 1. The average molecular weight is 476 g/mol. The van der Waals surface area contributed by atoms with E-state index < -0.39 is 11.9 Å². The molecule has 3 amide bonds. The Hall–Kier alpha value is -3.19. The lowest BCUT2D eigenvalue weighted by molar-refractivity contribution is -0.136. The number of nitrogens with zero attached hydrogens (tertiary/aromatic N) is 2. The van der Waals surface area contributed by atoms with Crippen molar-refractivity contribution in [1.29, 1.82) is 0 Å². The molecule has 0 aromatic heterocycles. The molecule has 184 valence electrons. The number of hydrogen-bond acceptors (Lipinski definition) is 5. The molecule has 2 fully saturated rings. The van der Waals surface area contributed by atoms with E-state index in [1.807, 2.05) is 12.1 Å². The van der Waals surface area contributed by atoms with Gasteiger partial charge in [-0.15, -0.1) is 0 Å². The summed E-state index contributed by atoms with van der Waals surface area (Å²) in [5, 5.41) is 2.34. The lowest BCUT2D eigenvalue weighted by atomic mass is 9.94. The molecule has 1 unspecified atom stereocenters. The molecular formula is C28H33N3O4. The first kappa shape index (κ1) is 23.5. The Bertz CT molecular complexity index is 1110. The SMILES string of the molecule is CCC1CCN(Cc2ccc(COc3cccc4c3CN(C3CCC(=O)NC3=O)C4=O)cc2)CC1. The predicted molar refractivity (Wildman–Crippen MR) is 132 cm³/mol. The minimum absolute atomic E-state index is 0.188. The zero-order valence-electron chi connectivity index (χ0n) is 20.3. The number of nitrogens with one attached hydrogen (secondary N) is 1. The van der Waals surface area contributed by atoms with Crippen LogP contribution in [-0.2, 0) is 29.3 Å². The first-order valence-corrected chi connectivity index (χ1v) is 12.7. The van der Waals surface area contributed by atoms with Crippen LogP contribution in [-0.4, -0.2) is 46.7 Å². The molecule has 0 spiro atoms. The van der Waals surface area contributed by atoms with Crippen LogP contribution in [0.4, 0.5) is 0 Å². The topological polar surface area (TPSA) is 79.0 Å². The van der Waals surface area contributed by atoms with Gasteiger partial charge in [0.1, 0.15) is 18.4 Å². The minimum Gasteiger partial charge on any atom is -0.489 e. The van der Waals surface area contributed by atoms with Gasteiger partial charge in [-0.25, -0.2) is 0 Å². The molecule has 2 aromatic carbocycles. The maximum absolute atomic E-state index is 13.0. The number of carbonyl (C=O) groups excluding carboxylic acids is 3. The molecule has 7 nitrogen and oxygen atoms in total. The van der Waals surface area contributed by atoms with Gasteiger partial charge >= 0.3 is 0 Å². The molecule has 35 heavy (non-hydrogen) atoms. The minimum atomic E-state index is -0.624. The van der Waals surface area contributed by atoms with E-state index in [4.69, 9.17) is 4.74 Å². The quantitative estimate of drug-likeness (QED) is 0.619. The van der Waals surface area contributed by atoms with E-state index in [0.29, 0.717) is 30.9 Å². The molecule has 1 N–H and O–H groups in total. The van der Waals surface area contributed by atoms with E-state index in [2.05, 4.69) is 41.4 Å². The Labute approximate surface area is 206 Å². The van der Waals surface area contributed by atoms with Crippen LogP contribution in [0.5, 0.6) is 5.75 Å². The summed E-state index contributed by atoms with van der Waals surface area (Å²) in [5.41, 5.74) is 3.75. The molecule has 2 aromatic rings. The fraction of sp³-hybridized carbons (Fsp3) is 0.464. The van der Waals surface area contributed by atoms with Crippen LogP contribution in [0.3, 0.4) is 0 Å². The summed E-state index contributed by atoms with van der Waals surface area (Å²) in [4.78, 5) is 40.9. The lowest BCUT2D eigenvalue weighted by Crippen LogP contribution is -2.52. The Kier molecular flexibility index (Phi) is 6.86. The number of rotatable bonds is 7. The highest BCUT2D eigenvalue weighted by molar-refractivity contribution is 6.05. The van der Waals surface area contributed by atoms with Gasteiger partial charge in [-0.1, -0.05) is 43.7 Å². The van der Waals surface area contributed by atoms with Crippen molar-refractivity contribution in [1.82, 2.24) is 15.1 Å². The van der Waals surface area contributed by atoms with Gasteiger partial charge in [0.2, 0.25) is 11.8 Å². The number of fused-ring (bicyclic) bond motifs is 1. The van der Waals surface area contributed by atoms with Crippen molar-refractivity contribution in [3.05, 3.63) is 64.7 Å². The van der Waals surface area contributed by atoms with Crippen LogP contribution in [0, 0.1) is 5.92 Å². The molecule has 0 radical (unpaired) electrons. The molecule has 7 heteroatoms. The number of benzene rings is 2. The third-order valence-corrected chi connectivity index (χ3v) is 7.65. The molecule has 5 rings (SSSR count). The van der Waals surface area contributed by atoms with E-state index in [1.165, 1.54) is 37.9 Å². The predicted octanol–water partition coefficient (Wildman–Crippen LogP) is 3.65. The van der Waals surface area contributed by atoms with E-state index >= 15 is 0 Å². The van der Waals surface area contributed by atoms with Gasteiger partial charge in [-0.05, 0) is 61.5 Å². The second-order valence-corrected chi connectivity index (χ2v) is 9.92. The lowest BCUT2D eigenvalue weighted by Gasteiger charge is -2.31. The van der Waals surface area contributed by atoms with Crippen LogP contribution in [0.15, 0.2) is 42.5 Å². The Morgan fingerprint density at radius 1 is 0.971 bits per heavy atom. The first-order chi connectivity index (χ1) is 17.0. The number of imide groups is 1. The summed E-state index contributed by atoms with van der Waals surface area (Å²) in [6.45, 7) is 6.35. The van der Waals surface area contributed by atoms with E-state index in [-0.39, 0.29) is 18.2 Å². The van der Waals surface area contributed by atoms with Crippen molar-refractivity contribution in [2.24, 2.45) is 5.92 Å². The fourth-order valence-electron chi connectivity index (χ4n) is 5.41. The normalized spacial score (nSPS) is 21.2. The van der Waals surface area contributed by atoms with Crippen LogP contribution in [0.1, 0.15) is 66.1 Å². The van der Waals surface area contributed by atoms with E-state index in [9.17, 15) is 14.4 Å². The van der Waals surface area contributed by atoms with Crippen LogP contribution in [0.25, 0.3) is 0 Å². The highest BCUT2D eigenvalue weighted by Crippen LogP contribution is 2.34. The molecule has 3 aliphatic heterocycles. The van der Waals surface area contributed by atoms with Crippen molar-refractivity contribution in [3.8, 4) is 5.75 Å². The largest absolute Gasteiger partial charge is 0.489 e. The fourth-order valence-corrected chi connectivity index (χ4v) is 5.41. The molecule has 1 atom stereocenters. The van der Waals surface area contributed by atoms with Gasteiger partial charge in [0.15, 0.2) is 0 Å². The summed E-state index contributed by atoms with van der Waals surface area (Å²) in [5.74, 6) is 0.670. The molecule has 3 aliphatic rings. The van der Waals surface area contributed by atoms with Crippen molar-refractivity contribution < 1.29 is 19.1 Å². The molecule has 0 bridgehead atoms. The smallest absolute Gasteiger partial charge is 0.255 e. The van der Waals surface area contributed by atoms with E-state index in [1.54, 1.807) is 11.0 Å². The summed E-state index contributed by atoms with van der Waals surface area (Å²) in [7, 11) is 0. The highest BCUT2D eigenvalue weighted by atomic mass is 16.5. The standard InChI is InChI=1S/C28H33N3O4/c1-2-19-12-14-30(15-13-19)16-20-6-8-21(9-7-20)18-35-25-5-3-4-22-23(25)17-31(28(22)34)24-10-11-26(32)29-27(24)33/h3-9,19,24H,2,10-18H2,1H3,(H,29,32,33). The highest BCUT2D eigenvalue weighted by Gasteiger charge is 2.40. The Balaban J connectivity index is 1.19. The van der Waals surface area contributed by atoms with Crippen LogP contribution in [0.2, 0.25) is 0 Å². The molecule has 0 saturated carbocycles. The first-order valence-electron chi connectivity index (χ1n) is 12.7. The van der Waals surface area contributed by atoms with Gasteiger partial charge in [0, 0.05) is 24.1 Å². The maximum atomic E-state index is 13.0. The van der Waals surface area contributed by atoms with Gasteiger partial charge in [0.25, 0.3) is 5.91 Å². The summed E-state index contributed by atoms with van der Waals surface area (Å²) >= 11 is 0. The third-order valence-electron chi connectivity index (χ3n) is 7.65. The second-order valence-electron chi connectivity index (χ2n) is 9.92. The van der Waals surface area contributed by atoms with Crippen molar-refractivity contribution >= 4 is 17.7 Å². The van der Waals surface area contributed by atoms with Crippen molar-refractivity contribution in [3.63, 3.8) is 0 Å². The number of likely N-dealkylation sites (tertiary alicyclic amines) is 1. The average Bonchev–Trinajstić information content (AvgIpc) is 3.21. The second kappa shape index (κ2) is 10.2. The molecule has 3 heterocycles. The third kappa shape index (κ3) is 5.10. The molecular weight excluding hydrogens is 442 g/mol. The van der Waals surface area contributed by atoms with Gasteiger partial charge in [-0.2, -0.15) is 0 Å². The van der Waals surface area contributed by atoms with Gasteiger partial charge in [0.05, 0.1) is 6.54 Å². The van der Waals surface area contributed by atoms with Crippen LogP contribution >= 0.6 is 0 Å². The van der Waals surface area contributed by atoms with E-state index in [0.717, 1.165) is 23.6 Å². The summed E-state index contributed by atoms with van der Waals surface area (Å²) < 4.78 is 6.13.